The lowest BCUT2D eigenvalue weighted by atomic mass is 10.1. The third-order valence-corrected chi connectivity index (χ3v) is 2.81. The van der Waals surface area contributed by atoms with Gasteiger partial charge in [0, 0.05) is 19.3 Å². The highest BCUT2D eigenvalue weighted by Crippen LogP contribution is 2.16. The van der Waals surface area contributed by atoms with Gasteiger partial charge in [0.25, 0.3) is 0 Å². The van der Waals surface area contributed by atoms with Crippen LogP contribution in [0.1, 0.15) is 27.2 Å². The zero-order valence-electron chi connectivity index (χ0n) is 11.0. The van der Waals surface area contributed by atoms with E-state index >= 15 is 0 Å². The Hall–Kier alpha value is -1.52. The normalized spacial score (nSPS) is 17.2. The van der Waals surface area contributed by atoms with E-state index in [0.717, 1.165) is 24.5 Å². The van der Waals surface area contributed by atoms with Crippen molar-refractivity contribution < 1.29 is 9.53 Å². The average Bonchev–Trinajstić information content (AvgIpc) is 2.32. The predicted octanol–water partition coefficient (Wildman–Crippen LogP) is 1.76. The number of nitrogens with zero attached hydrogens (tertiary/aromatic N) is 2. The molecule has 5 heteroatoms. The Morgan fingerprint density at radius 2 is 2.29 bits per heavy atom. The van der Waals surface area contributed by atoms with Crippen molar-refractivity contribution in [2.24, 2.45) is 4.99 Å². The Morgan fingerprint density at radius 3 is 2.88 bits per heavy atom. The molecule has 0 bridgehead atoms. The Labute approximate surface area is 103 Å². The first-order valence-corrected chi connectivity index (χ1v) is 5.89. The van der Waals surface area contributed by atoms with Crippen molar-refractivity contribution >= 4 is 11.9 Å². The van der Waals surface area contributed by atoms with E-state index in [2.05, 4.69) is 17.2 Å². The summed E-state index contributed by atoms with van der Waals surface area (Å²) in [6, 6.07) is 0. The summed E-state index contributed by atoms with van der Waals surface area (Å²) in [5, 5.41) is 3.23. The van der Waals surface area contributed by atoms with Gasteiger partial charge in [0.15, 0.2) is 0 Å². The molecule has 0 atom stereocenters. The van der Waals surface area contributed by atoms with E-state index in [1.165, 1.54) is 5.57 Å². The van der Waals surface area contributed by atoms with Gasteiger partial charge < -0.3 is 15.0 Å². The van der Waals surface area contributed by atoms with E-state index in [1.807, 2.05) is 13.8 Å². The molecule has 0 aromatic heterocycles. The van der Waals surface area contributed by atoms with E-state index in [9.17, 15) is 4.79 Å². The van der Waals surface area contributed by atoms with Crippen molar-refractivity contribution in [3.05, 3.63) is 11.3 Å². The number of hydrogen-bond donors (Lipinski definition) is 1. The monoisotopic (exact) mass is 239 g/mol. The van der Waals surface area contributed by atoms with Crippen LogP contribution in [-0.2, 0) is 4.74 Å². The van der Waals surface area contributed by atoms with Gasteiger partial charge >= 0.3 is 6.09 Å². The first-order valence-electron chi connectivity index (χ1n) is 5.89. The molecule has 5 nitrogen and oxygen atoms in total. The minimum Gasteiger partial charge on any atom is -0.450 e. The number of ether oxygens (including phenoxy) is 1. The quantitative estimate of drug-likeness (QED) is 0.590. The van der Waals surface area contributed by atoms with E-state index in [0.29, 0.717) is 13.2 Å². The fourth-order valence-electron chi connectivity index (χ4n) is 1.65. The topological polar surface area (TPSA) is 53.9 Å². The van der Waals surface area contributed by atoms with Gasteiger partial charge in [-0.1, -0.05) is 5.57 Å². The van der Waals surface area contributed by atoms with Crippen molar-refractivity contribution in [3.8, 4) is 0 Å². The zero-order chi connectivity index (χ0) is 12.8. The van der Waals surface area contributed by atoms with Crippen LogP contribution in [0.4, 0.5) is 4.79 Å². The molecular weight excluding hydrogens is 218 g/mol. The summed E-state index contributed by atoms with van der Waals surface area (Å²) in [4.78, 5) is 17.4. The molecule has 0 saturated heterocycles. The second kappa shape index (κ2) is 6.27. The predicted molar refractivity (Wildman–Crippen MR) is 68.1 cm³/mol. The molecule has 0 unspecified atom stereocenters. The number of amidine groups is 1. The molecule has 1 rings (SSSR count). The van der Waals surface area contributed by atoms with Crippen LogP contribution in [0, 0.1) is 0 Å². The van der Waals surface area contributed by atoms with Gasteiger partial charge in [0.2, 0.25) is 0 Å². The molecule has 1 aliphatic heterocycles. The number of amides is 1. The van der Waals surface area contributed by atoms with Crippen LogP contribution < -0.4 is 5.32 Å². The molecule has 0 aromatic rings. The standard InChI is InChI=1S/C12H21N3O2/c1-5-17-12(16)15-7-6-9(2)11(8-15)14-10(3)13-4/h5-8H2,1-4H3,(H,13,14). The van der Waals surface area contributed by atoms with Crippen LogP contribution in [0.5, 0.6) is 0 Å². The fourth-order valence-corrected chi connectivity index (χ4v) is 1.65. The van der Waals surface area contributed by atoms with Gasteiger partial charge in [-0.05, 0) is 27.2 Å². The van der Waals surface area contributed by atoms with Gasteiger partial charge in [0.05, 0.1) is 19.0 Å². The largest absolute Gasteiger partial charge is 0.450 e. The maximum atomic E-state index is 11.6. The molecule has 0 aliphatic carbocycles. The number of carbonyl (C=O) groups excluding carboxylic acids is 1. The lowest BCUT2D eigenvalue weighted by Crippen LogP contribution is -2.41. The third kappa shape index (κ3) is 3.76. The molecule has 0 fully saturated rings. The van der Waals surface area contributed by atoms with E-state index in [4.69, 9.17) is 4.74 Å². The average molecular weight is 239 g/mol. The summed E-state index contributed by atoms with van der Waals surface area (Å²) in [5.41, 5.74) is 2.32. The molecule has 1 amide bonds. The van der Waals surface area contributed by atoms with E-state index < -0.39 is 0 Å². The maximum Gasteiger partial charge on any atom is 0.410 e. The second-order valence-electron chi connectivity index (χ2n) is 4.06. The van der Waals surface area contributed by atoms with Gasteiger partial charge in [-0.2, -0.15) is 0 Å². The molecule has 0 spiro atoms. The Bertz CT molecular complexity index is 348. The molecule has 17 heavy (non-hydrogen) atoms. The number of aliphatic imine (C=N–C) groups is 1. The van der Waals surface area contributed by atoms with Crippen molar-refractivity contribution in [1.82, 2.24) is 10.2 Å². The Kier molecular flexibility index (Phi) is 5.00. The van der Waals surface area contributed by atoms with Crippen LogP contribution in [0.25, 0.3) is 0 Å². The summed E-state index contributed by atoms with van der Waals surface area (Å²) < 4.78 is 5.00. The SMILES string of the molecule is CCOC(=O)N1CCC(C)=C(NC(C)=NC)C1. The maximum absolute atomic E-state index is 11.6. The third-order valence-electron chi connectivity index (χ3n) is 2.81. The molecule has 96 valence electrons. The van der Waals surface area contributed by atoms with E-state index in [1.54, 1.807) is 11.9 Å². The molecule has 0 radical (unpaired) electrons. The van der Waals surface area contributed by atoms with Crippen LogP contribution in [0.15, 0.2) is 16.3 Å². The second-order valence-corrected chi connectivity index (χ2v) is 4.06. The highest BCUT2D eigenvalue weighted by Gasteiger charge is 2.21. The van der Waals surface area contributed by atoms with Crippen molar-refractivity contribution in [3.63, 3.8) is 0 Å². The van der Waals surface area contributed by atoms with Crippen molar-refractivity contribution in [1.29, 1.82) is 0 Å². The number of hydrogen-bond acceptors (Lipinski definition) is 3. The fraction of sp³-hybridized carbons (Fsp3) is 0.667. The molecule has 0 saturated carbocycles. The van der Waals surface area contributed by atoms with Gasteiger partial charge in [-0.25, -0.2) is 4.79 Å². The highest BCUT2D eigenvalue weighted by atomic mass is 16.6. The Balaban J connectivity index is 2.67. The lowest BCUT2D eigenvalue weighted by molar-refractivity contribution is 0.108. The van der Waals surface area contributed by atoms with Crippen LogP contribution in [0.3, 0.4) is 0 Å². The molecule has 1 aliphatic rings. The number of nitrogens with one attached hydrogen (secondary N) is 1. The Morgan fingerprint density at radius 1 is 1.59 bits per heavy atom. The van der Waals surface area contributed by atoms with Crippen LogP contribution >= 0.6 is 0 Å². The van der Waals surface area contributed by atoms with Gasteiger partial charge in [-0.3, -0.25) is 4.99 Å². The smallest absolute Gasteiger partial charge is 0.410 e. The van der Waals surface area contributed by atoms with Crippen LogP contribution in [-0.4, -0.2) is 43.6 Å². The molecule has 1 heterocycles. The number of carbonyl (C=O) groups is 1. The molecule has 1 N–H and O–H groups in total. The lowest BCUT2D eigenvalue weighted by Gasteiger charge is -2.29. The first kappa shape index (κ1) is 13.5. The summed E-state index contributed by atoms with van der Waals surface area (Å²) in [6.45, 7) is 7.50. The van der Waals surface area contributed by atoms with Crippen molar-refractivity contribution in [2.75, 3.05) is 26.7 Å². The van der Waals surface area contributed by atoms with E-state index in [-0.39, 0.29) is 6.09 Å². The minimum atomic E-state index is -0.245. The summed E-state index contributed by atoms with van der Waals surface area (Å²) in [6.07, 6.45) is 0.628. The van der Waals surface area contributed by atoms with Gasteiger partial charge in [-0.15, -0.1) is 0 Å². The van der Waals surface area contributed by atoms with Crippen LogP contribution in [0.2, 0.25) is 0 Å². The minimum absolute atomic E-state index is 0.245. The highest BCUT2D eigenvalue weighted by molar-refractivity contribution is 5.81. The number of rotatable bonds is 2. The molecule has 0 aromatic carbocycles. The zero-order valence-corrected chi connectivity index (χ0v) is 11.0. The summed E-state index contributed by atoms with van der Waals surface area (Å²) in [5.74, 6) is 0.852. The van der Waals surface area contributed by atoms with Crippen molar-refractivity contribution in [2.45, 2.75) is 27.2 Å². The summed E-state index contributed by atoms with van der Waals surface area (Å²) in [7, 11) is 1.74. The molecular formula is C12H21N3O2. The van der Waals surface area contributed by atoms with Gasteiger partial charge in [0.1, 0.15) is 0 Å². The first-order chi connectivity index (χ1) is 8.08. The summed E-state index contributed by atoms with van der Waals surface area (Å²) >= 11 is 0.